The highest BCUT2D eigenvalue weighted by Crippen LogP contribution is 2.38. The molecular weight excluding hydrogens is 540 g/mol. The number of aliphatic carboxylic acids is 1. The molecule has 1 unspecified atom stereocenters. The summed E-state index contributed by atoms with van der Waals surface area (Å²) in [5.74, 6) is -0.802. The average molecular weight is 575 g/mol. The first-order valence-corrected chi connectivity index (χ1v) is 15.5. The second kappa shape index (κ2) is 10.5. The fourth-order valence-corrected chi connectivity index (χ4v) is 7.98. The van der Waals surface area contributed by atoms with E-state index in [-0.39, 0.29) is 23.9 Å². The quantitative estimate of drug-likeness (QED) is 0.348. The summed E-state index contributed by atoms with van der Waals surface area (Å²) in [6, 6.07) is 13.2. The SMILES string of the molecule is CCn1nnc2c(C)c(C(CC(=O)O)c3ccc(C)c(CN4C[C@@H]5CCCN5c5ncccc5S4(=O)=O)c3)ccc21. The Labute approximate surface area is 239 Å². The zero-order valence-corrected chi connectivity index (χ0v) is 24.3. The topological polar surface area (TPSA) is 122 Å². The van der Waals surface area contributed by atoms with E-state index in [0.29, 0.717) is 18.9 Å². The molecule has 10 nitrogen and oxygen atoms in total. The Morgan fingerprint density at radius 1 is 1.17 bits per heavy atom. The lowest BCUT2D eigenvalue weighted by Crippen LogP contribution is -2.39. The Hall–Kier alpha value is -3.83. The predicted molar refractivity (Wildman–Crippen MR) is 155 cm³/mol. The van der Waals surface area contributed by atoms with Crippen molar-refractivity contribution in [2.75, 3.05) is 18.0 Å². The lowest BCUT2D eigenvalue weighted by Gasteiger charge is -2.26. The van der Waals surface area contributed by atoms with E-state index in [1.165, 1.54) is 0 Å². The number of hydrogen-bond donors (Lipinski definition) is 1. The summed E-state index contributed by atoms with van der Waals surface area (Å²) in [6.45, 7) is 7.98. The molecule has 0 radical (unpaired) electrons. The number of sulfonamides is 1. The molecule has 1 fully saturated rings. The zero-order chi connectivity index (χ0) is 28.9. The minimum atomic E-state index is -3.79. The number of nitrogens with zero attached hydrogens (tertiary/aromatic N) is 6. The molecule has 214 valence electrons. The third-order valence-corrected chi connectivity index (χ3v) is 10.4. The van der Waals surface area contributed by atoms with E-state index in [4.69, 9.17) is 0 Å². The van der Waals surface area contributed by atoms with Crippen molar-refractivity contribution in [3.05, 3.63) is 76.5 Å². The van der Waals surface area contributed by atoms with Crippen molar-refractivity contribution in [1.82, 2.24) is 24.3 Å². The maximum atomic E-state index is 13.9. The highest BCUT2D eigenvalue weighted by Gasteiger charge is 2.40. The Bertz CT molecular complexity index is 1750. The largest absolute Gasteiger partial charge is 0.481 e. The number of fused-ring (bicyclic) bond motifs is 4. The molecule has 6 rings (SSSR count). The van der Waals surface area contributed by atoms with Crippen molar-refractivity contribution in [3.63, 3.8) is 0 Å². The summed E-state index contributed by atoms with van der Waals surface area (Å²) in [5.41, 5.74) is 6.09. The molecule has 4 heterocycles. The third kappa shape index (κ3) is 4.76. The van der Waals surface area contributed by atoms with Gasteiger partial charge in [0.15, 0.2) is 0 Å². The average Bonchev–Trinajstić information content (AvgIpc) is 3.58. The highest BCUT2D eigenvalue weighted by atomic mass is 32.2. The summed E-state index contributed by atoms with van der Waals surface area (Å²) in [5, 5.41) is 18.5. The van der Waals surface area contributed by atoms with E-state index in [1.54, 1.807) is 22.6 Å². The molecule has 4 aromatic rings. The molecule has 0 bridgehead atoms. The van der Waals surface area contributed by atoms with Crippen LogP contribution in [0.2, 0.25) is 0 Å². The first-order chi connectivity index (χ1) is 19.7. The number of aromatic nitrogens is 4. The number of carboxylic acid groups (broad SMARTS) is 1. The standard InChI is InChI=1S/C30H34N6O4S/c1-4-36-26-12-11-24(20(3)29(26)32-33-36)25(16-28(37)38)21-10-9-19(2)22(15-21)17-34-18-23-7-6-14-35(23)30-27(41(34,39)40)8-5-13-31-30/h5,8-13,15,23,25H,4,6-7,14,16-18H2,1-3H3,(H,37,38)/t23-,25?/m0/s1. The molecule has 0 saturated carbocycles. The van der Waals surface area contributed by atoms with E-state index in [2.05, 4.69) is 20.2 Å². The molecule has 2 aliphatic heterocycles. The van der Waals surface area contributed by atoms with Crippen molar-refractivity contribution in [2.24, 2.45) is 0 Å². The van der Waals surface area contributed by atoms with E-state index in [1.807, 2.05) is 55.8 Å². The van der Waals surface area contributed by atoms with Gasteiger partial charge >= 0.3 is 5.97 Å². The molecule has 2 aromatic carbocycles. The van der Waals surface area contributed by atoms with Crippen molar-refractivity contribution < 1.29 is 18.3 Å². The van der Waals surface area contributed by atoms with Crippen LogP contribution in [0.4, 0.5) is 5.82 Å². The number of aryl methyl sites for hydroxylation is 3. The number of hydrogen-bond acceptors (Lipinski definition) is 7. The number of anilines is 1. The van der Waals surface area contributed by atoms with Crippen LogP contribution in [-0.4, -0.2) is 62.9 Å². The third-order valence-electron chi connectivity index (χ3n) is 8.59. The van der Waals surface area contributed by atoms with Gasteiger partial charge < -0.3 is 10.0 Å². The Kier molecular flexibility index (Phi) is 7.03. The molecule has 2 aromatic heterocycles. The van der Waals surface area contributed by atoms with Crippen LogP contribution in [0, 0.1) is 13.8 Å². The summed E-state index contributed by atoms with van der Waals surface area (Å²) < 4.78 is 31.2. The van der Waals surface area contributed by atoms with Gasteiger partial charge in [0.2, 0.25) is 10.0 Å². The van der Waals surface area contributed by atoms with Gasteiger partial charge in [-0.3, -0.25) is 4.79 Å². The van der Waals surface area contributed by atoms with Gasteiger partial charge in [0.1, 0.15) is 16.2 Å². The molecule has 1 saturated heterocycles. The van der Waals surface area contributed by atoms with Gasteiger partial charge in [-0.15, -0.1) is 5.10 Å². The van der Waals surface area contributed by atoms with Crippen LogP contribution < -0.4 is 4.90 Å². The van der Waals surface area contributed by atoms with Crippen LogP contribution in [-0.2, 0) is 27.9 Å². The van der Waals surface area contributed by atoms with E-state index in [0.717, 1.165) is 58.2 Å². The van der Waals surface area contributed by atoms with Gasteiger partial charge in [-0.1, -0.05) is 29.5 Å². The van der Waals surface area contributed by atoms with Crippen molar-refractivity contribution >= 4 is 32.8 Å². The smallest absolute Gasteiger partial charge is 0.304 e. The van der Waals surface area contributed by atoms with E-state index >= 15 is 0 Å². The van der Waals surface area contributed by atoms with Crippen LogP contribution in [0.1, 0.15) is 59.9 Å². The second-order valence-corrected chi connectivity index (χ2v) is 12.9. The molecule has 1 N–H and O–H groups in total. The van der Waals surface area contributed by atoms with E-state index in [9.17, 15) is 18.3 Å². The first-order valence-electron chi connectivity index (χ1n) is 14.0. The molecule has 0 amide bonds. The maximum Gasteiger partial charge on any atom is 0.304 e. The molecule has 0 aliphatic carbocycles. The molecule has 41 heavy (non-hydrogen) atoms. The van der Waals surface area contributed by atoms with Gasteiger partial charge in [0.05, 0.1) is 11.9 Å². The van der Waals surface area contributed by atoms with Crippen molar-refractivity contribution in [3.8, 4) is 0 Å². The molecule has 2 aliphatic rings. The normalized spacial score (nSPS) is 19.1. The van der Waals surface area contributed by atoms with Crippen LogP contribution in [0.5, 0.6) is 0 Å². The van der Waals surface area contributed by atoms with Crippen LogP contribution in [0.15, 0.2) is 53.6 Å². The minimum absolute atomic E-state index is 0.0649. The number of carbonyl (C=O) groups is 1. The van der Waals surface area contributed by atoms with Crippen LogP contribution >= 0.6 is 0 Å². The fraction of sp³-hybridized carbons (Fsp3) is 0.400. The Balaban J connectivity index is 1.40. The summed E-state index contributed by atoms with van der Waals surface area (Å²) >= 11 is 0. The summed E-state index contributed by atoms with van der Waals surface area (Å²) in [6.07, 6.45) is 3.45. The second-order valence-electron chi connectivity index (χ2n) is 11.0. The number of pyridine rings is 1. The van der Waals surface area contributed by atoms with Crippen LogP contribution in [0.25, 0.3) is 11.0 Å². The van der Waals surface area contributed by atoms with Gasteiger partial charge in [0, 0.05) is 44.3 Å². The van der Waals surface area contributed by atoms with Crippen molar-refractivity contribution in [1.29, 1.82) is 0 Å². The number of carboxylic acids is 1. The molecule has 2 atom stereocenters. The summed E-state index contributed by atoms with van der Waals surface area (Å²) in [7, 11) is -3.79. The molecular formula is C30H34N6O4S. The minimum Gasteiger partial charge on any atom is -0.481 e. The highest BCUT2D eigenvalue weighted by molar-refractivity contribution is 7.89. The van der Waals surface area contributed by atoms with Gasteiger partial charge in [-0.05, 0) is 79.6 Å². The van der Waals surface area contributed by atoms with Crippen LogP contribution in [0.3, 0.4) is 0 Å². The van der Waals surface area contributed by atoms with Gasteiger partial charge in [-0.2, -0.15) is 4.31 Å². The first kappa shape index (κ1) is 27.3. The maximum absolute atomic E-state index is 13.9. The molecule has 11 heteroatoms. The number of rotatable bonds is 7. The van der Waals surface area contributed by atoms with Gasteiger partial charge in [0.25, 0.3) is 0 Å². The Morgan fingerprint density at radius 3 is 2.78 bits per heavy atom. The monoisotopic (exact) mass is 574 g/mol. The molecule has 0 spiro atoms. The number of benzene rings is 2. The lowest BCUT2D eigenvalue weighted by molar-refractivity contribution is -0.137. The fourth-order valence-electron chi connectivity index (χ4n) is 6.37. The van der Waals surface area contributed by atoms with Gasteiger partial charge in [-0.25, -0.2) is 18.1 Å². The predicted octanol–water partition coefficient (Wildman–Crippen LogP) is 4.24. The lowest BCUT2D eigenvalue weighted by atomic mass is 9.84. The summed E-state index contributed by atoms with van der Waals surface area (Å²) in [4.78, 5) is 18.9. The van der Waals surface area contributed by atoms with Crippen molar-refractivity contribution in [2.45, 2.75) is 70.0 Å². The van der Waals surface area contributed by atoms with E-state index < -0.39 is 21.9 Å². The zero-order valence-electron chi connectivity index (χ0n) is 23.5. The Morgan fingerprint density at radius 2 is 2.00 bits per heavy atom.